The van der Waals surface area contributed by atoms with E-state index in [1.54, 1.807) is 0 Å². The summed E-state index contributed by atoms with van der Waals surface area (Å²) in [7, 11) is 0. The van der Waals surface area contributed by atoms with Crippen LogP contribution in [0.3, 0.4) is 0 Å². The molecule has 0 spiro atoms. The first-order valence-electron chi connectivity index (χ1n) is 21.5. The molecule has 3 aromatic rings. The van der Waals surface area contributed by atoms with Gasteiger partial charge in [-0.2, -0.15) is 0 Å². The third kappa shape index (κ3) is 7.75. The molecule has 1 aliphatic heterocycles. The van der Waals surface area contributed by atoms with Crippen LogP contribution in [0, 0.1) is 52.3 Å². The summed E-state index contributed by atoms with van der Waals surface area (Å²) in [6.45, 7) is 13.8. The van der Waals surface area contributed by atoms with E-state index in [1.807, 2.05) is 0 Å². The van der Waals surface area contributed by atoms with E-state index in [-0.39, 0.29) is 47.1 Å². The Labute approximate surface area is 330 Å². The summed E-state index contributed by atoms with van der Waals surface area (Å²) in [5.74, 6) is 2.69. The number of cyclic esters (lactones) is 1. The van der Waals surface area contributed by atoms with E-state index in [4.69, 9.17) is 18.9 Å². The van der Waals surface area contributed by atoms with Gasteiger partial charge in [0, 0.05) is 12.3 Å². The molecule has 0 radical (unpaired) electrons. The summed E-state index contributed by atoms with van der Waals surface area (Å²) in [6.07, 6.45) is 10.7. The van der Waals surface area contributed by atoms with Gasteiger partial charge >= 0.3 is 5.97 Å². The van der Waals surface area contributed by atoms with Crippen molar-refractivity contribution in [1.29, 1.82) is 0 Å². The largest absolute Gasteiger partial charge is 0.462 e. The Balaban J connectivity index is 1.12. The van der Waals surface area contributed by atoms with Crippen LogP contribution in [0.4, 0.5) is 0 Å². The molecule has 1 saturated heterocycles. The molecule has 8 rings (SSSR count). The van der Waals surface area contributed by atoms with Crippen LogP contribution in [0.25, 0.3) is 0 Å². The molecule has 0 N–H and O–H groups in total. The molecule has 5 aliphatic rings. The fraction of sp³-hybridized carbons (Fsp3) is 0.580. The average Bonchev–Trinajstić information content (AvgIpc) is 3.56. The Morgan fingerprint density at radius 2 is 1.27 bits per heavy atom. The van der Waals surface area contributed by atoms with Crippen LogP contribution < -0.4 is 0 Å². The van der Waals surface area contributed by atoms with E-state index in [2.05, 4.69) is 132 Å². The lowest BCUT2D eigenvalue weighted by molar-refractivity contribution is -0.252. The molecule has 3 aromatic carbocycles. The van der Waals surface area contributed by atoms with Crippen molar-refractivity contribution in [2.75, 3.05) is 0 Å². The molecular weight excluding hydrogens is 681 g/mol. The maximum absolute atomic E-state index is 12.9. The third-order valence-corrected chi connectivity index (χ3v) is 15.4. The number of hydrogen-bond acceptors (Lipinski definition) is 5. The summed E-state index contributed by atoms with van der Waals surface area (Å²) in [5.41, 5.74) is 5.30. The Kier molecular flexibility index (Phi) is 11.5. The van der Waals surface area contributed by atoms with E-state index in [1.165, 1.54) is 35.1 Å². The first-order chi connectivity index (χ1) is 26.6. The zero-order chi connectivity index (χ0) is 38.2. The lowest BCUT2D eigenvalue weighted by Gasteiger charge is -2.65. The molecule has 0 amide bonds. The molecule has 4 aliphatic carbocycles. The van der Waals surface area contributed by atoms with Gasteiger partial charge in [-0.15, -0.1) is 0 Å². The van der Waals surface area contributed by atoms with Crippen LogP contribution in [0.15, 0.2) is 103 Å². The lowest BCUT2D eigenvalue weighted by Crippen LogP contribution is -2.65. The highest BCUT2D eigenvalue weighted by molar-refractivity contribution is 5.70. The number of fused-ring (bicyclic) bond motifs is 5. The summed E-state index contributed by atoms with van der Waals surface area (Å²) >= 11 is 0. The van der Waals surface area contributed by atoms with Crippen LogP contribution >= 0.6 is 0 Å². The highest BCUT2D eigenvalue weighted by Crippen LogP contribution is 2.68. The summed E-state index contributed by atoms with van der Waals surface area (Å²) in [5, 5.41) is 0. The van der Waals surface area contributed by atoms with E-state index in [0.717, 1.165) is 32.1 Å². The maximum atomic E-state index is 12.9. The normalized spacial score (nSPS) is 36.3. The van der Waals surface area contributed by atoms with Gasteiger partial charge in [-0.3, -0.25) is 4.79 Å². The second-order valence-electron chi connectivity index (χ2n) is 18.7. The minimum absolute atomic E-state index is 0.0202. The van der Waals surface area contributed by atoms with Crippen molar-refractivity contribution < 1.29 is 23.7 Å². The van der Waals surface area contributed by atoms with Crippen molar-refractivity contribution in [3.63, 3.8) is 0 Å². The molecule has 4 fully saturated rings. The van der Waals surface area contributed by atoms with Crippen molar-refractivity contribution >= 4 is 5.97 Å². The quantitative estimate of drug-likeness (QED) is 0.137. The van der Waals surface area contributed by atoms with Crippen molar-refractivity contribution in [3.05, 3.63) is 119 Å². The maximum Gasteiger partial charge on any atom is 0.306 e. The van der Waals surface area contributed by atoms with Gasteiger partial charge in [-0.25, -0.2) is 0 Å². The van der Waals surface area contributed by atoms with E-state index in [0.29, 0.717) is 61.7 Å². The predicted octanol–water partition coefficient (Wildman–Crippen LogP) is 11.2. The number of carbonyl (C=O) groups is 1. The van der Waals surface area contributed by atoms with Gasteiger partial charge in [0.1, 0.15) is 6.10 Å². The molecule has 0 bridgehead atoms. The smallest absolute Gasteiger partial charge is 0.306 e. The van der Waals surface area contributed by atoms with Crippen molar-refractivity contribution in [3.8, 4) is 0 Å². The minimum atomic E-state index is -0.0618. The standard InChI is InChI=1S/C50H64O5/c1-33(2)38-27-44(55-45(51)28-38)34(3)40-21-22-41-46-42(24-26-49(40,41)4)50(5)25-23-39(52-30-35-15-9-6-10-16-35)29-43(50)47(53-31-36-17-11-7-12-18-36)48(46)54-32-37-19-13-8-14-20-37/h6-21,33-34,38-39,41-44,46-48H,22-32H2,1-5H3. The second kappa shape index (κ2) is 16.3. The molecule has 3 saturated carbocycles. The molecule has 12 atom stereocenters. The number of rotatable bonds is 12. The van der Waals surface area contributed by atoms with Crippen LogP contribution in [0.1, 0.15) is 103 Å². The molecule has 294 valence electrons. The number of benzene rings is 3. The van der Waals surface area contributed by atoms with Gasteiger partial charge in [-0.05, 0) is 108 Å². The fourth-order valence-electron chi connectivity index (χ4n) is 12.2. The Bertz CT molecular complexity index is 1760. The van der Waals surface area contributed by atoms with E-state index < -0.39 is 0 Å². The first kappa shape index (κ1) is 38.6. The minimum Gasteiger partial charge on any atom is -0.462 e. The van der Waals surface area contributed by atoms with Crippen LogP contribution in [-0.4, -0.2) is 30.4 Å². The molecule has 5 nitrogen and oxygen atoms in total. The summed E-state index contributed by atoms with van der Waals surface area (Å²) < 4.78 is 27.6. The van der Waals surface area contributed by atoms with Crippen molar-refractivity contribution in [2.24, 2.45) is 52.3 Å². The molecule has 0 aromatic heterocycles. The van der Waals surface area contributed by atoms with Gasteiger partial charge in [0.15, 0.2) is 0 Å². The highest BCUT2D eigenvalue weighted by Gasteiger charge is 2.65. The molecule has 1 heterocycles. The Hall–Kier alpha value is -3.25. The molecule has 55 heavy (non-hydrogen) atoms. The van der Waals surface area contributed by atoms with Gasteiger partial charge < -0.3 is 18.9 Å². The molecule has 12 unspecified atom stereocenters. The number of allylic oxidation sites excluding steroid dienone is 1. The van der Waals surface area contributed by atoms with Crippen LogP contribution in [0.2, 0.25) is 0 Å². The lowest BCUT2D eigenvalue weighted by atomic mass is 9.43. The molecule has 5 heteroatoms. The zero-order valence-corrected chi connectivity index (χ0v) is 33.9. The van der Waals surface area contributed by atoms with E-state index in [9.17, 15) is 4.79 Å². The van der Waals surface area contributed by atoms with Crippen LogP contribution in [-0.2, 0) is 43.6 Å². The molecular formula is C50H64O5. The number of hydrogen-bond donors (Lipinski definition) is 0. The highest BCUT2D eigenvalue weighted by atomic mass is 16.5. The van der Waals surface area contributed by atoms with Gasteiger partial charge in [-0.1, -0.05) is 137 Å². The Morgan fingerprint density at radius 3 is 1.87 bits per heavy atom. The third-order valence-electron chi connectivity index (χ3n) is 15.4. The average molecular weight is 745 g/mol. The predicted molar refractivity (Wildman–Crippen MR) is 218 cm³/mol. The van der Waals surface area contributed by atoms with Crippen LogP contribution in [0.5, 0.6) is 0 Å². The zero-order valence-electron chi connectivity index (χ0n) is 33.9. The fourth-order valence-corrected chi connectivity index (χ4v) is 12.2. The van der Waals surface area contributed by atoms with Crippen molar-refractivity contribution in [2.45, 2.75) is 130 Å². The summed E-state index contributed by atoms with van der Waals surface area (Å²) in [4.78, 5) is 12.9. The number of esters is 1. The van der Waals surface area contributed by atoms with Gasteiger partial charge in [0.2, 0.25) is 0 Å². The Morgan fingerprint density at radius 1 is 0.691 bits per heavy atom. The topological polar surface area (TPSA) is 54.0 Å². The SMILES string of the molecule is CC(C)C1CC(=O)OC(C(C)C2=CCC3C4C(OCc5ccccc5)C(OCc5ccccc5)C5CC(OCc6ccccc6)CCC5(C)C4CCC23C)C1. The van der Waals surface area contributed by atoms with Gasteiger partial charge in [0.25, 0.3) is 0 Å². The number of ether oxygens (including phenoxy) is 4. The van der Waals surface area contributed by atoms with Crippen molar-refractivity contribution in [1.82, 2.24) is 0 Å². The second-order valence-corrected chi connectivity index (χ2v) is 18.7. The van der Waals surface area contributed by atoms with E-state index >= 15 is 0 Å². The first-order valence-corrected chi connectivity index (χ1v) is 21.5. The monoisotopic (exact) mass is 744 g/mol. The summed E-state index contributed by atoms with van der Waals surface area (Å²) in [6, 6.07) is 32.0. The van der Waals surface area contributed by atoms with Gasteiger partial charge in [0.05, 0.1) is 38.1 Å². The number of carbonyl (C=O) groups excluding carboxylic acids is 1.